The van der Waals surface area contributed by atoms with Gasteiger partial charge in [0, 0.05) is 16.3 Å². The number of fused-ring (bicyclic) bond motifs is 1. The Bertz CT molecular complexity index is 450. The summed E-state index contributed by atoms with van der Waals surface area (Å²) in [6.07, 6.45) is 3.50. The van der Waals surface area contributed by atoms with Gasteiger partial charge in [-0.25, -0.2) is 4.98 Å². The molecule has 0 saturated heterocycles. The Morgan fingerprint density at radius 1 is 1.50 bits per heavy atom. The zero-order chi connectivity index (χ0) is 10.2. The molecule has 2 aromatic heterocycles. The molecule has 0 N–H and O–H groups in total. The highest BCUT2D eigenvalue weighted by Gasteiger charge is 2.20. The van der Waals surface area contributed by atoms with Crippen LogP contribution in [0.5, 0.6) is 0 Å². The SMILES string of the molecule is CC(C)(SS)c1cnc2occc2c1. The first-order valence-corrected chi connectivity index (χ1v) is 6.17. The van der Waals surface area contributed by atoms with E-state index in [4.69, 9.17) is 4.42 Å². The van der Waals surface area contributed by atoms with E-state index >= 15 is 0 Å². The molecule has 0 aliphatic carbocycles. The van der Waals surface area contributed by atoms with Gasteiger partial charge in [0.05, 0.1) is 6.26 Å². The first kappa shape index (κ1) is 9.93. The molecule has 0 aliphatic heterocycles. The Morgan fingerprint density at radius 3 is 3.00 bits per heavy atom. The van der Waals surface area contributed by atoms with Crippen molar-refractivity contribution in [3.8, 4) is 0 Å². The monoisotopic (exact) mass is 225 g/mol. The van der Waals surface area contributed by atoms with Gasteiger partial charge in [-0.3, -0.25) is 0 Å². The average Bonchev–Trinajstić information content (AvgIpc) is 2.64. The molecule has 4 heteroatoms. The number of nitrogens with zero attached hydrogens (tertiary/aromatic N) is 1. The molecule has 0 bridgehead atoms. The van der Waals surface area contributed by atoms with Crippen molar-refractivity contribution in [1.29, 1.82) is 0 Å². The minimum Gasteiger partial charge on any atom is -0.446 e. The summed E-state index contributed by atoms with van der Waals surface area (Å²) in [5.74, 6) is 0. The lowest BCUT2D eigenvalue weighted by Crippen LogP contribution is -2.09. The number of hydrogen-bond donors (Lipinski definition) is 1. The molecule has 0 saturated carbocycles. The Morgan fingerprint density at radius 2 is 2.29 bits per heavy atom. The van der Waals surface area contributed by atoms with Crippen molar-refractivity contribution in [3.05, 3.63) is 30.2 Å². The lowest BCUT2D eigenvalue weighted by molar-refractivity contribution is 0.602. The third-order valence-electron chi connectivity index (χ3n) is 2.23. The maximum Gasteiger partial charge on any atom is 0.225 e. The molecule has 2 aromatic rings. The van der Waals surface area contributed by atoms with Crippen LogP contribution in [0.1, 0.15) is 19.4 Å². The Kier molecular flexibility index (Phi) is 2.49. The molecule has 0 fully saturated rings. The fourth-order valence-corrected chi connectivity index (χ4v) is 1.77. The van der Waals surface area contributed by atoms with Gasteiger partial charge < -0.3 is 4.42 Å². The molecule has 0 aromatic carbocycles. The lowest BCUT2D eigenvalue weighted by Gasteiger charge is -2.20. The largest absolute Gasteiger partial charge is 0.446 e. The van der Waals surface area contributed by atoms with Gasteiger partial charge in [-0.1, -0.05) is 10.8 Å². The van der Waals surface area contributed by atoms with Gasteiger partial charge in [0.1, 0.15) is 0 Å². The van der Waals surface area contributed by atoms with E-state index in [1.165, 1.54) is 10.8 Å². The van der Waals surface area contributed by atoms with E-state index in [-0.39, 0.29) is 4.75 Å². The molecule has 74 valence electrons. The summed E-state index contributed by atoms with van der Waals surface area (Å²) in [4.78, 5) is 4.24. The third kappa shape index (κ3) is 1.64. The molecule has 0 unspecified atom stereocenters. The molecule has 0 amide bonds. The third-order valence-corrected chi connectivity index (χ3v) is 4.29. The van der Waals surface area contributed by atoms with Gasteiger partial charge in [0.15, 0.2) is 0 Å². The molecule has 2 nitrogen and oxygen atoms in total. The van der Waals surface area contributed by atoms with Crippen LogP contribution in [0.2, 0.25) is 0 Å². The van der Waals surface area contributed by atoms with Crippen molar-refractivity contribution in [2.45, 2.75) is 18.6 Å². The van der Waals surface area contributed by atoms with Crippen LogP contribution in [0.4, 0.5) is 0 Å². The van der Waals surface area contributed by atoms with E-state index in [1.807, 2.05) is 12.3 Å². The first-order chi connectivity index (χ1) is 6.63. The molecule has 0 aliphatic rings. The quantitative estimate of drug-likeness (QED) is 0.624. The number of furan rings is 1. The van der Waals surface area contributed by atoms with Crippen molar-refractivity contribution in [2.24, 2.45) is 0 Å². The average molecular weight is 225 g/mol. The highest BCUT2D eigenvalue weighted by molar-refractivity contribution is 8.68. The fourth-order valence-electron chi connectivity index (χ4n) is 1.24. The molecule has 2 heterocycles. The van der Waals surface area contributed by atoms with Gasteiger partial charge in [0.25, 0.3) is 0 Å². The number of rotatable bonds is 2. The number of pyridine rings is 1. The Balaban J connectivity index is 2.53. The van der Waals surface area contributed by atoms with E-state index < -0.39 is 0 Å². The molecule has 0 radical (unpaired) electrons. The van der Waals surface area contributed by atoms with E-state index in [2.05, 4.69) is 36.6 Å². The highest BCUT2D eigenvalue weighted by Crippen LogP contribution is 2.38. The van der Waals surface area contributed by atoms with Crippen LogP contribution in [-0.4, -0.2) is 4.98 Å². The summed E-state index contributed by atoms with van der Waals surface area (Å²) in [5, 5.41) is 1.04. The first-order valence-electron chi connectivity index (χ1n) is 4.30. The molecule has 0 spiro atoms. The van der Waals surface area contributed by atoms with Crippen LogP contribution in [0.25, 0.3) is 11.1 Å². The van der Waals surface area contributed by atoms with Gasteiger partial charge in [-0.05, 0) is 31.5 Å². The van der Waals surface area contributed by atoms with Gasteiger partial charge >= 0.3 is 0 Å². The summed E-state index contributed by atoms with van der Waals surface area (Å²) in [6.45, 7) is 4.24. The van der Waals surface area contributed by atoms with Gasteiger partial charge in [-0.2, -0.15) is 0 Å². The topological polar surface area (TPSA) is 26.0 Å². The van der Waals surface area contributed by atoms with Crippen LogP contribution < -0.4 is 0 Å². The summed E-state index contributed by atoms with van der Waals surface area (Å²) in [7, 11) is 1.52. The molecular formula is C10H11NOS2. The van der Waals surface area contributed by atoms with E-state index in [0.717, 1.165) is 10.9 Å². The van der Waals surface area contributed by atoms with Crippen LogP contribution in [-0.2, 0) is 4.75 Å². The smallest absolute Gasteiger partial charge is 0.225 e. The van der Waals surface area contributed by atoms with Crippen molar-refractivity contribution >= 4 is 33.6 Å². The molecule has 0 atom stereocenters. The second-order valence-corrected chi connectivity index (χ2v) is 5.39. The van der Waals surface area contributed by atoms with Crippen molar-refractivity contribution in [3.63, 3.8) is 0 Å². The Labute approximate surface area is 91.9 Å². The van der Waals surface area contributed by atoms with Gasteiger partial charge in [-0.15, -0.1) is 11.7 Å². The summed E-state index contributed by atoms with van der Waals surface area (Å²) in [5.41, 5.74) is 1.85. The zero-order valence-corrected chi connectivity index (χ0v) is 9.73. The van der Waals surface area contributed by atoms with E-state index in [1.54, 1.807) is 6.26 Å². The fraction of sp³-hybridized carbons (Fsp3) is 0.300. The van der Waals surface area contributed by atoms with Gasteiger partial charge in [0.2, 0.25) is 5.71 Å². The van der Waals surface area contributed by atoms with Crippen molar-refractivity contribution in [1.82, 2.24) is 4.98 Å². The van der Waals surface area contributed by atoms with Crippen molar-refractivity contribution in [2.75, 3.05) is 0 Å². The minimum atomic E-state index is -0.0262. The zero-order valence-electron chi connectivity index (χ0n) is 8.02. The Hall–Kier alpha value is -0.610. The van der Waals surface area contributed by atoms with E-state index in [9.17, 15) is 0 Å². The van der Waals surface area contributed by atoms with E-state index in [0.29, 0.717) is 5.71 Å². The van der Waals surface area contributed by atoms with Crippen LogP contribution >= 0.6 is 22.5 Å². The second-order valence-electron chi connectivity index (χ2n) is 3.64. The standard InChI is InChI=1S/C10H11NOS2/c1-10(2,14-13)8-5-7-3-4-12-9(7)11-6-8/h3-6,13H,1-2H3. The molecule has 14 heavy (non-hydrogen) atoms. The summed E-state index contributed by atoms with van der Waals surface area (Å²) in [6, 6.07) is 4.01. The highest BCUT2D eigenvalue weighted by atomic mass is 33.1. The molecule has 2 rings (SSSR count). The second kappa shape index (κ2) is 3.51. The normalized spacial score (nSPS) is 12.2. The number of thiol groups is 1. The minimum absolute atomic E-state index is 0.0262. The lowest BCUT2D eigenvalue weighted by atomic mass is 10.0. The van der Waals surface area contributed by atoms with Crippen LogP contribution in [0, 0.1) is 0 Å². The summed E-state index contributed by atoms with van der Waals surface area (Å²) < 4.78 is 5.16. The van der Waals surface area contributed by atoms with Crippen LogP contribution in [0.15, 0.2) is 29.0 Å². The maximum absolute atomic E-state index is 5.18. The number of hydrogen-bond acceptors (Lipinski definition) is 4. The molecular weight excluding hydrogens is 214 g/mol. The predicted molar refractivity (Wildman–Crippen MR) is 63.6 cm³/mol. The maximum atomic E-state index is 5.18. The van der Waals surface area contributed by atoms with Crippen LogP contribution in [0.3, 0.4) is 0 Å². The number of aromatic nitrogens is 1. The predicted octanol–water partition coefficient (Wildman–Crippen LogP) is 3.64. The summed E-state index contributed by atoms with van der Waals surface area (Å²) >= 11 is 4.26. The van der Waals surface area contributed by atoms with Crippen molar-refractivity contribution < 1.29 is 4.42 Å².